The summed E-state index contributed by atoms with van der Waals surface area (Å²) >= 11 is 0. The highest BCUT2D eigenvalue weighted by Crippen LogP contribution is 2.15. The summed E-state index contributed by atoms with van der Waals surface area (Å²) in [7, 11) is 0. The summed E-state index contributed by atoms with van der Waals surface area (Å²) in [6.45, 7) is 6.04. The van der Waals surface area contributed by atoms with Crippen LogP contribution in [-0.4, -0.2) is 23.2 Å². The van der Waals surface area contributed by atoms with Crippen LogP contribution in [0.4, 0.5) is 5.69 Å². The Balaban J connectivity index is 2.56. The Hall–Kier alpha value is -1.55. The van der Waals surface area contributed by atoms with Crippen molar-refractivity contribution in [2.24, 2.45) is 5.92 Å². The maximum atomic E-state index is 11.9. The van der Waals surface area contributed by atoms with Gasteiger partial charge in [0.15, 0.2) is 0 Å². The quantitative estimate of drug-likeness (QED) is 0.697. The van der Waals surface area contributed by atoms with Crippen LogP contribution in [0.1, 0.15) is 37.6 Å². The van der Waals surface area contributed by atoms with Crippen molar-refractivity contribution in [1.29, 1.82) is 0 Å². The van der Waals surface area contributed by atoms with Crippen LogP contribution in [0, 0.1) is 5.92 Å². The van der Waals surface area contributed by atoms with E-state index in [0.29, 0.717) is 23.6 Å². The second kappa shape index (κ2) is 5.87. The summed E-state index contributed by atoms with van der Waals surface area (Å²) in [5.74, 6) is 0.163. The van der Waals surface area contributed by atoms with Gasteiger partial charge < -0.3 is 16.2 Å². The molecule has 1 aromatic carbocycles. The van der Waals surface area contributed by atoms with E-state index in [4.69, 9.17) is 5.73 Å². The fourth-order valence-electron chi connectivity index (χ4n) is 2.00. The molecule has 0 aliphatic carbocycles. The molecule has 1 unspecified atom stereocenters. The highest BCUT2D eigenvalue weighted by Gasteiger charge is 2.22. The van der Waals surface area contributed by atoms with Gasteiger partial charge in [0.25, 0.3) is 5.91 Å². The molecular weight excluding hydrogens is 228 g/mol. The van der Waals surface area contributed by atoms with Gasteiger partial charge in [-0.25, -0.2) is 0 Å². The number of anilines is 1. The number of hydrogen-bond acceptors (Lipinski definition) is 3. The Morgan fingerprint density at radius 3 is 2.72 bits per heavy atom. The lowest BCUT2D eigenvalue weighted by atomic mass is 9.94. The molecule has 0 saturated heterocycles. The number of carbonyl (C=O) groups is 1. The summed E-state index contributed by atoms with van der Waals surface area (Å²) in [5, 5.41) is 12.8. The van der Waals surface area contributed by atoms with Crippen LogP contribution >= 0.6 is 0 Å². The van der Waals surface area contributed by atoms with Gasteiger partial charge in [-0.15, -0.1) is 0 Å². The molecule has 18 heavy (non-hydrogen) atoms. The van der Waals surface area contributed by atoms with Crippen molar-refractivity contribution in [2.75, 3.05) is 12.3 Å². The number of aliphatic hydroxyl groups is 1. The molecule has 0 aliphatic heterocycles. The van der Waals surface area contributed by atoms with Crippen LogP contribution in [-0.2, 0) is 0 Å². The Labute approximate surface area is 108 Å². The van der Waals surface area contributed by atoms with E-state index in [1.165, 1.54) is 0 Å². The van der Waals surface area contributed by atoms with Crippen LogP contribution in [0.25, 0.3) is 0 Å². The normalized spacial score (nSPS) is 14.3. The molecule has 1 amide bonds. The number of nitrogens with one attached hydrogen (secondary N) is 1. The molecule has 0 saturated carbocycles. The molecule has 4 N–H and O–H groups in total. The average Bonchev–Trinajstić information content (AvgIpc) is 2.24. The Bertz CT molecular complexity index is 414. The summed E-state index contributed by atoms with van der Waals surface area (Å²) in [5.41, 5.74) is 5.79. The van der Waals surface area contributed by atoms with E-state index in [-0.39, 0.29) is 12.5 Å². The van der Waals surface area contributed by atoms with Crippen LogP contribution in [0.3, 0.4) is 0 Å². The summed E-state index contributed by atoms with van der Waals surface area (Å²) in [6, 6.07) is 6.78. The van der Waals surface area contributed by atoms with Crippen LogP contribution in [0.15, 0.2) is 24.3 Å². The van der Waals surface area contributed by atoms with Crippen molar-refractivity contribution in [3.63, 3.8) is 0 Å². The number of nitrogens with two attached hydrogens (primary N) is 1. The number of carbonyl (C=O) groups excluding carboxylic acids is 1. The van der Waals surface area contributed by atoms with Gasteiger partial charge >= 0.3 is 0 Å². The molecule has 0 aromatic heterocycles. The molecule has 4 nitrogen and oxygen atoms in total. The van der Waals surface area contributed by atoms with E-state index in [9.17, 15) is 9.90 Å². The molecule has 0 heterocycles. The largest absolute Gasteiger partial charge is 0.399 e. The van der Waals surface area contributed by atoms with Crippen LogP contribution < -0.4 is 11.1 Å². The SMILES string of the molecule is CC(C)CC(C)(O)CNC(=O)c1cccc(N)c1. The lowest BCUT2D eigenvalue weighted by molar-refractivity contribution is 0.0368. The van der Waals surface area contributed by atoms with Gasteiger partial charge in [0.1, 0.15) is 0 Å². The third kappa shape index (κ3) is 4.75. The monoisotopic (exact) mass is 250 g/mol. The molecule has 0 radical (unpaired) electrons. The van der Waals surface area contributed by atoms with Crippen molar-refractivity contribution in [1.82, 2.24) is 5.32 Å². The van der Waals surface area contributed by atoms with Gasteiger partial charge in [-0.05, 0) is 37.5 Å². The first-order valence-corrected chi connectivity index (χ1v) is 6.16. The first-order chi connectivity index (χ1) is 8.30. The lowest BCUT2D eigenvalue weighted by Crippen LogP contribution is -2.41. The minimum absolute atomic E-state index is 0.216. The van der Waals surface area contributed by atoms with Gasteiger partial charge in [0.05, 0.1) is 5.60 Å². The Kier molecular flexibility index (Phi) is 4.73. The highest BCUT2D eigenvalue weighted by molar-refractivity contribution is 5.95. The maximum absolute atomic E-state index is 11.9. The standard InChI is InChI=1S/C14H22N2O2/c1-10(2)8-14(3,18)9-16-13(17)11-5-4-6-12(15)7-11/h4-7,10,18H,8-9,15H2,1-3H3,(H,16,17). The number of rotatable bonds is 5. The van der Waals surface area contributed by atoms with Crippen molar-refractivity contribution >= 4 is 11.6 Å². The zero-order valence-corrected chi connectivity index (χ0v) is 11.2. The molecule has 4 heteroatoms. The number of nitrogen functional groups attached to an aromatic ring is 1. The predicted octanol–water partition coefficient (Wildman–Crippen LogP) is 1.80. The van der Waals surface area contributed by atoms with E-state index in [1.807, 2.05) is 13.8 Å². The molecule has 1 atom stereocenters. The number of benzene rings is 1. The number of hydrogen-bond donors (Lipinski definition) is 3. The van der Waals surface area contributed by atoms with Gasteiger partial charge in [-0.3, -0.25) is 4.79 Å². The smallest absolute Gasteiger partial charge is 0.251 e. The van der Waals surface area contributed by atoms with Crippen molar-refractivity contribution in [2.45, 2.75) is 32.8 Å². The van der Waals surface area contributed by atoms with E-state index in [1.54, 1.807) is 31.2 Å². The van der Waals surface area contributed by atoms with Crippen molar-refractivity contribution < 1.29 is 9.90 Å². The number of amides is 1. The molecule has 100 valence electrons. The highest BCUT2D eigenvalue weighted by atomic mass is 16.3. The summed E-state index contributed by atoms with van der Waals surface area (Å²) in [4.78, 5) is 11.9. The minimum atomic E-state index is -0.885. The van der Waals surface area contributed by atoms with Crippen molar-refractivity contribution in [3.8, 4) is 0 Å². The van der Waals surface area contributed by atoms with Crippen LogP contribution in [0.5, 0.6) is 0 Å². The van der Waals surface area contributed by atoms with E-state index in [0.717, 1.165) is 0 Å². The van der Waals surface area contributed by atoms with E-state index >= 15 is 0 Å². The van der Waals surface area contributed by atoms with Gasteiger partial charge in [-0.2, -0.15) is 0 Å². The minimum Gasteiger partial charge on any atom is -0.399 e. The Morgan fingerprint density at radius 1 is 1.50 bits per heavy atom. The molecule has 0 fully saturated rings. The van der Waals surface area contributed by atoms with Crippen LogP contribution in [0.2, 0.25) is 0 Å². The molecule has 1 aromatic rings. The topological polar surface area (TPSA) is 75.3 Å². The lowest BCUT2D eigenvalue weighted by Gasteiger charge is -2.25. The molecule has 1 rings (SSSR count). The van der Waals surface area contributed by atoms with Gasteiger partial charge in [0, 0.05) is 17.8 Å². The maximum Gasteiger partial charge on any atom is 0.251 e. The zero-order valence-electron chi connectivity index (χ0n) is 11.2. The van der Waals surface area contributed by atoms with Gasteiger partial charge in [-0.1, -0.05) is 19.9 Å². The summed E-state index contributed by atoms with van der Waals surface area (Å²) in [6.07, 6.45) is 0.643. The van der Waals surface area contributed by atoms with Crippen molar-refractivity contribution in [3.05, 3.63) is 29.8 Å². The Morgan fingerprint density at radius 2 is 2.17 bits per heavy atom. The zero-order chi connectivity index (χ0) is 13.8. The first kappa shape index (κ1) is 14.5. The molecule has 0 bridgehead atoms. The molecular formula is C14H22N2O2. The average molecular weight is 250 g/mol. The van der Waals surface area contributed by atoms with E-state index in [2.05, 4.69) is 5.32 Å². The van der Waals surface area contributed by atoms with Gasteiger partial charge in [0.2, 0.25) is 0 Å². The third-order valence-electron chi connectivity index (χ3n) is 2.63. The second-order valence-corrected chi connectivity index (χ2v) is 5.40. The second-order valence-electron chi connectivity index (χ2n) is 5.40. The molecule has 0 spiro atoms. The fourth-order valence-corrected chi connectivity index (χ4v) is 2.00. The predicted molar refractivity (Wildman–Crippen MR) is 73.3 cm³/mol. The summed E-state index contributed by atoms with van der Waals surface area (Å²) < 4.78 is 0. The first-order valence-electron chi connectivity index (χ1n) is 6.16. The molecule has 0 aliphatic rings. The van der Waals surface area contributed by atoms with E-state index < -0.39 is 5.60 Å². The fraction of sp³-hybridized carbons (Fsp3) is 0.500. The third-order valence-corrected chi connectivity index (χ3v) is 2.63.